The Hall–Kier alpha value is -2.83. The summed E-state index contributed by atoms with van der Waals surface area (Å²) >= 11 is 0. The van der Waals surface area contributed by atoms with Crippen LogP contribution in [0.5, 0.6) is 0 Å². The van der Waals surface area contributed by atoms with Crippen LogP contribution < -0.4 is 0 Å². The van der Waals surface area contributed by atoms with Crippen molar-refractivity contribution in [2.24, 2.45) is 0 Å². The molecule has 7 heteroatoms. The lowest BCUT2D eigenvalue weighted by Gasteiger charge is -2.10. The fraction of sp³-hybridized carbons (Fsp3) is 0.190. The van der Waals surface area contributed by atoms with E-state index in [1.807, 2.05) is 19.0 Å². The first-order valence-corrected chi connectivity index (χ1v) is 8.67. The van der Waals surface area contributed by atoms with Gasteiger partial charge in [-0.2, -0.15) is 0 Å². The summed E-state index contributed by atoms with van der Waals surface area (Å²) in [5, 5.41) is 0. The normalized spacial score (nSPS) is 11.6. The molecule has 0 atom stereocenters. The zero-order valence-electron chi connectivity index (χ0n) is 16.5. The van der Waals surface area contributed by atoms with Gasteiger partial charge in [-0.3, -0.25) is 0 Å². The molecule has 0 saturated carbocycles. The van der Waals surface area contributed by atoms with Gasteiger partial charge in [0.2, 0.25) is 5.71 Å². The van der Waals surface area contributed by atoms with Gasteiger partial charge in [-0.1, -0.05) is 48.5 Å². The molecule has 0 fully saturated rings. The molecule has 2 aromatic rings. The van der Waals surface area contributed by atoms with E-state index in [0.717, 1.165) is 0 Å². The summed E-state index contributed by atoms with van der Waals surface area (Å²) in [5.74, 6) is 0. The minimum atomic E-state index is -6.00. The molecule has 2 nitrogen and oxygen atoms in total. The molecule has 0 aliphatic rings. The summed E-state index contributed by atoms with van der Waals surface area (Å²) < 4.78 is 41.2. The molecule has 0 heterocycles. The van der Waals surface area contributed by atoms with Crippen LogP contribution in [0.3, 0.4) is 0 Å². The molecule has 0 amide bonds. The van der Waals surface area contributed by atoms with Crippen molar-refractivity contribution in [1.82, 2.24) is 4.90 Å². The minimum Gasteiger partial charge on any atom is -0.418 e. The Morgan fingerprint density at radius 1 is 0.821 bits per heavy atom. The van der Waals surface area contributed by atoms with Gasteiger partial charge in [-0.05, 0) is 36.0 Å². The maximum Gasteiger partial charge on any atom is 0.673 e. The van der Waals surface area contributed by atoms with Crippen LogP contribution in [0.4, 0.5) is 17.3 Å². The Kier molecular flexibility index (Phi) is 9.22. The minimum absolute atomic E-state index is 1.21. The molecule has 150 valence electrons. The average Bonchev–Trinajstić information content (AvgIpc) is 2.60. The number of hydrogen-bond acceptors (Lipinski definition) is 1. The number of halogens is 4. The van der Waals surface area contributed by atoms with Gasteiger partial charge in [-0.15, -0.1) is 0 Å². The summed E-state index contributed by atoms with van der Waals surface area (Å²) in [6.07, 6.45) is 6.33. The highest BCUT2D eigenvalue weighted by molar-refractivity contribution is 6.50. The van der Waals surface area contributed by atoms with Gasteiger partial charge in [0.25, 0.3) is 0 Å². The number of nitrogens with zero attached hydrogens (tertiary/aromatic N) is 2. The van der Waals surface area contributed by atoms with Crippen LogP contribution >= 0.6 is 0 Å². The zero-order chi connectivity index (χ0) is 21.2. The van der Waals surface area contributed by atoms with Crippen molar-refractivity contribution in [3.05, 3.63) is 90.1 Å². The third-order valence-electron chi connectivity index (χ3n) is 3.48. The second-order valence-corrected chi connectivity index (χ2v) is 6.36. The Morgan fingerprint density at radius 3 is 1.64 bits per heavy atom. The summed E-state index contributed by atoms with van der Waals surface area (Å²) in [6.45, 7) is 0. The van der Waals surface area contributed by atoms with Gasteiger partial charge in [0.1, 0.15) is 14.1 Å². The Balaban J connectivity index is 0.000000696. The first-order valence-electron chi connectivity index (χ1n) is 8.67. The van der Waals surface area contributed by atoms with Crippen molar-refractivity contribution in [2.45, 2.75) is 0 Å². The lowest BCUT2D eigenvalue weighted by atomic mass is 9.95. The maximum absolute atomic E-state index is 9.75. The first-order chi connectivity index (χ1) is 13.1. The van der Waals surface area contributed by atoms with Crippen molar-refractivity contribution in [1.29, 1.82) is 0 Å². The highest BCUT2D eigenvalue weighted by Crippen LogP contribution is 2.20. The van der Waals surface area contributed by atoms with Gasteiger partial charge < -0.3 is 22.2 Å². The van der Waals surface area contributed by atoms with Gasteiger partial charge in [-0.25, -0.2) is 4.58 Å². The second kappa shape index (κ2) is 11.1. The molecule has 0 bridgehead atoms. The molecule has 2 rings (SSSR count). The summed E-state index contributed by atoms with van der Waals surface area (Å²) in [5.41, 5.74) is 4.84. The fourth-order valence-electron chi connectivity index (χ4n) is 2.49. The molecule has 0 aliphatic carbocycles. The maximum atomic E-state index is 9.75. The molecule has 0 radical (unpaired) electrons. The van der Waals surface area contributed by atoms with Crippen molar-refractivity contribution in [3.8, 4) is 0 Å². The highest BCUT2D eigenvalue weighted by atomic mass is 19.5. The molecule has 28 heavy (non-hydrogen) atoms. The van der Waals surface area contributed by atoms with Gasteiger partial charge in [0.05, 0.1) is 5.57 Å². The molecule has 0 spiro atoms. The smallest absolute Gasteiger partial charge is 0.418 e. The van der Waals surface area contributed by atoms with Gasteiger partial charge in [0, 0.05) is 19.7 Å². The highest BCUT2D eigenvalue weighted by Gasteiger charge is 2.20. The van der Waals surface area contributed by atoms with E-state index >= 15 is 0 Å². The van der Waals surface area contributed by atoms with E-state index in [9.17, 15) is 17.3 Å². The van der Waals surface area contributed by atoms with E-state index in [4.69, 9.17) is 0 Å². The number of allylic oxidation sites excluding steroid dienone is 3. The van der Waals surface area contributed by atoms with E-state index in [-0.39, 0.29) is 0 Å². The van der Waals surface area contributed by atoms with E-state index < -0.39 is 7.25 Å². The quantitative estimate of drug-likeness (QED) is 0.223. The van der Waals surface area contributed by atoms with Crippen molar-refractivity contribution >= 4 is 18.5 Å². The number of rotatable bonds is 5. The largest absolute Gasteiger partial charge is 0.673 e. The van der Waals surface area contributed by atoms with Crippen LogP contribution in [0.2, 0.25) is 0 Å². The van der Waals surface area contributed by atoms with E-state index in [1.54, 1.807) is 0 Å². The van der Waals surface area contributed by atoms with Crippen LogP contribution in [0.1, 0.15) is 11.1 Å². The molecular weight excluding hydrogens is 367 g/mol. The average molecular weight is 392 g/mol. The van der Waals surface area contributed by atoms with E-state index in [2.05, 4.69) is 97.7 Å². The lowest BCUT2D eigenvalue weighted by molar-refractivity contribution is -0.462. The molecule has 0 unspecified atom stereocenters. The van der Waals surface area contributed by atoms with Crippen molar-refractivity contribution in [2.75, 3.05) is 28.2 Å². The number of hydrogen-bond donors (Lipinski definition) is 0. The van der Waals surface area contributed by atoms with E-state index in [1.165, 1.54) is 22.4 Å². The topological polar surface area (TPSA) is 6.25 Å². The summed E-state index contributed by atoms with van der Waals surface area (Å²) in [4.78, 5) is 2.04. The fourth-order valence-corrected chi connectivity index (χ4v) is 2.49. The van der Waals surface area contributed by atoms with Crippen molar-refractivity contribution < 1.29 is 21.8 Å². The zero-order valence-corrected chi connectivity index (χ0v) is 16.5. The van der Waals surface area contributed by atoms with Crippen LogP contribution in [0, 0.1) is 0 Å². The van der Waals surface area contributed by atoms with Crippen molar-refractivity contribution in [3.63, 3.8) is 0 Å². The lowest BCUT2D eigenvalue weighted by Crippen LogP contribution is -2.17. The molecule has 0 saturated heterocycles. The van der Waals surface area contributed by atoms with Gasteiger partial charge >= 0.3 is 7.25 Å². The molecule has 0 aromatic heterocycles. The predicted molar refractivity (Wildman–Crippen MR) is 110 cm³/mol. The van der Waals surface area contributed by atoms with Crippen LogP contribution in [0.15, 0.2) is 79.0 Å². The number of benzene rings is 2. The molecule has 2 aromatic carbocycles. The predicted octanol–water partition coefficient (Wildman–Crippen LogP) is 5.21. The third kappa shape index (κ3) is 9.21. The Bertz CT molecular complexity index is 801. The van der Waals surface area contributed by atoms with E-state index in [0.29, 0.717) is 0 Å². The molecule has 0 N–H and O–H groups in total. The van der Waals surface area contributed by atoms with Crippen LogP contribution in [-0.2, 0) is 0 Å². The third-order valence-corrected chi connectivity index (χ3v) is 3.48. The SMILES string of the molecule is CN(C)C=CC=C(C(c1ccccc1)=[N+](C)C)c1ccccc1.F[B-](F)(F)F. The van der Waals surface area contributed by atoms with Crippen LogP contribution in [0.25, 0.3) is 5.57 Å². The monoisotopic (exact) mass is 392 g/mol. The Morgan fingerprint density at radius 2 is 1.25 bits per heavy atom. The second-order valence-electron chi connectivity index (χ2n) is 6.36. The molecule has 0 aliphatic heterocycles. The van der Waals surface area contributed by atoms with Gasteiger partial charge in [0.15, 0.2) is 0 Å². The standard InChI is InChI=1S/C21H25N2.BF4/c1-22(2)17-11-16-20(18-12-7-5-8-13-18)21(23(3)4)19-14-9-6-10-15-19;2-1(3,4)5/h5-17H,1-4H3;/q+1;-1. The molecular formula is C21H25BF4N2. The summed E-state index contributed by atoms with van der Waals surface area (Å²) in [7, 11) is 2.24. The first kappa shape index (κ1) is 23.2. The van der Waals surface area contributed by atoms with Crippen LogP contribution in [-0.4, -0.2) is 50.6 Å². The Labute approximate surface area is 164 Å². The summed E-state index contributed by atoms with van der Waals surface area (Å²) in [6, 6.07) is 21.0.